The second kappa shape index (κ2) is 20.0. The van der Waals surface area contributed by atoms with Gasteiger partial charge in [0.15, 0.2) is 0 Å². The molecule has 0 saturated heterocycles. The third-order valence-corrected chi connectivity index (χ3v) is 0. The Hall–Kier alpha value is 4.49. The van der Waals surface area contributed by atoms with Crippen LogP contribution in [0.1, 0.15) is 0 Å². The van der Waals surface area contributed by atoms with E-state index in [1.807, 2.05) is 0 Å². The number of hydrogen-bond donors (Lipinski definition) is 1. The van der Waals surface area contributed by atoms with Gasteiger partial charge in [-0.1, -0.05) is 0 Å². The predicted molar refractivity (Wildman–Crippen MR) is 16.3 cm³/mol. The Kier molecular flexibility index (Phi) is 53.7. The Morgan fingerprint density at radius 2 is 1.09 bits per heavy atom. The van der Waals surface area contributed by atoms with Gasteiger partial charge in [-0.25, -0.2) is 0 Å². The average Bonchev–Trinajstić information content (AvgIpc) is 1.27. The van der Waals surface area contributed by atoms with Crippen LogP contribution in [0.5, 0.6) is 0 Å². The van der Waals surface area contributed by atoms with Crippen LogP contribution >= 0.6 is 7.82 Å². The molecule has 11 heavy (non-hydrogen) atoms. The van der Waals surface area contributed by atoms with Gasteiger partial charge in [-0.05, 0) is 0 Å². The molecule has 0 spiro atoms. The first kappa shape index (κ1) is 29.6. The van der Waals surface area contributed by atoms with Crippen molar-refractivity contribution < 1.29 is 183 Å². The Morgan fingerprint density at radius 3 is 1.09 bits per heavy atom. The summed E-state index contributed by atoms with van der Waals surface area (Å²) in [5.74, 6) is 0. The first-order valence-corrected chi connectivity index (χ1v) is 2.68. The van der Waals surface area contributed by atoms with Crippen molar-refractivity contribution in [3.8, 4) is 0 Å². The topological polar surface area (TPSA) is 124 Å². The van der Waals surface area contributed by atoms with Gasteiger partial charge in [0.1, 0.15) is 0 Å². The molecule has 0 rings (SSSR count). The molecule has 6 nitrogen and oxygen atoms in total. The Morgan fingerprint density at radius 1 is 1.09 bits per heavy atom. The van der Waals surface area contributed by atoms with E-state index in [-0.39, 0.29) is 161 Å². The van der Waals surface area contributed by atoms with Crippen LogP contribution in [-0.2, 0) is 9.36 Å². The van der Waals surface area contributed by atoms with Crippen molar-refractivity contribution in [1.82, 2.24) is 0 Å². The summed E-state index contributed by atoms with van der Waals surface area (Å²) in [6, 6.07) is 0. The summed E-state index contributed by atoms with van der Waals surface area (Å²) in [6.07, 6.45) is 0. The fourth-order valence-corrected chi connectivity index (χ4v) is 0. The van der Waals surface area contributed by atoms with E-state index in [0.717, 1.165) is 0 Å². The van der Waals surface area contributed by atoms with Crippen LogP contribution in [0.25, 0.3) is 0 Å². The van der Waals surface area contributed by atoms with Crippen molar-refractivity contribution in [2.75, 3.05) is 0 Å². The number of carboxylic acid groups (broad SMARTS) is 1. The minimum absolute atomic E-state index is 0. The second-order valence-corrected chi connectivity index (χ2v) is 1.45. The molecule has 0 radical (unpaired) electrons. The maximum absolute atomic E-state index is 8.55. The average molecular weight is 258 g/mol. The van der Waals surface area contributed by atoms with Gasteiger partial charge in [0, 0.05) is 0 Å². The fraction of sp³-hybridized carbons (Fsp3) is 0. The van der Waals surface area contributed by atoms with Crippen LogP contribution in [-0.4, -0.2) is 11.6 Å². The van der Waals surface area contributed by atoms with E-state index in [0.29, 0.717) is 0 Å². The monoisotopic (exact) mass is 258 g/mol. The first-order chi connectivity index (χ1) is 3.41. The van der Waals surface area contributed by atoms with E-state index in [9.17, 15) is 0 Å². The van der Waals surface area contributed by atoms with Crippen molar-refractivity contribution >= 4 is 14.3 Å². The van der Waals surface area contributed by atoms with Gasteiger partial charge in [-0.15, -0.1) is 0 Å². The molecule has 0 unspecified atom stereocenters. The zero-order valence-electron chi connectivity index (χ0n) is 6.51. The maximum atomic E-state index is 8.55. The van der Waals surface area contributed by atoms with Crippen LogP contribution < -0.4 is 169 Å². The number of phosphoric acid groups is 1. The van der Waals surface area contributed by atoms with Crippen molar-refractivity contribution in [3.05, 3.63) is 0 Å². The van der Waals surface area contributed by atoms with E-state index in [4.69, 9.17) is 29.1 Å². The second-order valence-electron chi connectivity index (χ2n) is 0.553. The van der Waals surface area contributed by atoms with Gasteiger partial charge in [0.05, 0.1) is 0 Å². The number of rotatable bonds is 0. The molecule has 0 heterocycles. The van der Waals surface area contributed by atoms with Crippen LogP contribution in [0, 0.1) is 0 Å². The molecule has 0 aromatic heterocycles. The minimum Gasteiger partial charge on any atom is -0.822 e. The molecular formula is CH2K3O6P. The predicted octanol–water partition coefficient (Wildman–Crippen LogP) is -12.1. The molecule has 0 aromatic rings. The van der Waals surface area contributed by atoms with E-state index >= 15 is 0 Å². The minimum atomic E-state index is -5.39. The largest absolute Gasteiger partial charge is 1.00 e. The summed E-state index contributed by atoms with van der Waals surface area (Å²) in [5, 5.41) is 6.89. The molecule has 50 valence electrons. The summed E-state index contributed by atoms with van der Waals surface area (Å²) in [5.41, 5.74) is 0. The molecule has 0 saturated carbocycles. The Balaban J connectivity index is -0.0000000183. The molecule has 0 aromatic carbocycles. The van der Waals surface area contributed by atoms with E-state index in [1.165, 1.54) is 0 Å². The number of hydrogen-bond acceptors (Lipinski definition) is 5. The van der Waals surface area contributed by atoms with Crippen LogP contribution in [0.3, 0.4) is 0 Å². The molecule has 0 aliphatic carbocycles. The van der Waals surface area contributed by atoms with Crippen molar-refractivity contribution in [2.24, 2.45) is 0 Å². The molecular weight excluding hydrogens is 256 g/mol. The number of carbonyl (C=O) groups is 1. The third-order valence-electron chi connectivity index (χ3n) is 0. The molecule has 1 N–H and O–H groups in total. The van der Waals surface area contributed by atoms with Gasteiger partial charge in [0.2, 0.25) is 0 Å². The smallest absolute Gasteiger partial charge is 0.822 e. The van der Waals surface area contributed by atoms with Gasteiger partial charge >= 0.3 is 154 Å². The van der Waals surface area contributed by atoms with Gasteiger partial charge < -0.3 is 24.4 Å². The summed E-state index contributed by atoms with van der Waals surface area (Å²) in [6.45, 7) is -0.250. The van der Waals surface area contributed by atoms with Crippen molar-refractivity contribution in [2.45, 2.75) is 0 Å². The third kappa shape index (κ3) is 112. The molecule has 10 heteroatoms. The van der Waals surface area contributed by atoms with Gasteiger partial charge in [0.25, 0.3) is 6.47 Å². The van der Waals surface area contributed by atoms with E-state index in [2.05, 4.69) is 0 Å². The van der Waals surface area contributed by atoms with Gasteiger partial charge in [-0.2, -0.15) is 7.82 Å². The first-order valence-electron chi connectivity index (χ1n) is 1.22. The Labute approximate surface area is 191 Å². The summed E-state index contributed by atoms with van der Waals surface area (Å²) in [4.78, 5) is 34.0. The molecule has 0 aliphatic rings. The summed E-state index contributed by atoms with van der Waals surface area (Å²) in [7, 11) is -5.39. The SMILES string of the molecule is O=CO.O=P([O-])([O-])[O-].[K+].[K+].[K+]. The zero-order chi connectivity index (χ0) is 7.21. The quantitative estimate of drug-likeness (QED) is 0.261. The molecule has 0 amide bonds. The van der Waals surface area contributed by atoms with Crippen LogP contribution in [0.2, 0.25) is 0 Å². The summed E-state index contributed by atoms with van der Waals surface area (Å²) < 4.78 is 8.55. The van der Waals surface area contributed by atoms with Crippen molar-refractivity contribution in [3.63, 3.8) is 0 Å². The fourth-order valence-electron chi connectivity index (χ4n) is 0. The maximum Gasteiger partial charge on any atom is 1.00 e. The molecule has 0 aliphatic heterocycles. The van der Waals surface area contributed by atoms with Gasteiger partial charge in [-0.3, -0.25) is 4.79 Å². The molecule has 0 bridgehead atoms. The van der Waals surface area contributed by atoms with Crippen molar-refractivity contribution in [1.29, 1.82) is 0 Å². The van der Waals surface area contributed by atoms with Crippen LogP contribution in [0.4, 0.5) is 0 Å². The Bertz CT molecular complexity index is 91.7. The van der Waals surface area contributed by atoms with Crippen LogP contribution in [0.15, 0.2) is 0 Å². The molecule has 0 atom stereocenters. The summed E-state index contributed by atoms with van der Waals surface area (Å²) >= 11 is 0. The van der Waals surface area contributed by atoms with E-state index < -0.39 is 7.82 Å². The zero-order valence-corrected chi connectivity index (χ0v) is 16.8. The molecule has 0 fully saturated rings. The normalized spacial score (nSPS) is 6.45. The standard InChI is InChI=1S/CH2O2.3K.H3O4P/c2-1-3;;;;1-5(2,3)4/h1H,(H,2,3);;;;(H3,1,2,3,4)/q;3*+1;/p-3. The van der Waals surface area contributed by atoms with E-state index in [1.54, 1.807) is 0 Å².